The summed E-state index contributed by atoms with van der Waals surface area (Å²) < 4.78 is 0. The highest BCUT2D eigenvalue weighted by atomic mass is 16.4. The van der Waals surface area contributed by atoms with E-state index in [4.69, 9.17) is 5.11 Å². The quantitative estimate of drug-likeness (QED) is 0.700. The number of carbonyl (C=O) groups is 2. The first-order valence-electron chi connectivity index (χ1n) is 5.61. The van der Waals surface area contributed by atoms with E-state index in [-0.39, 0.29) is 16.9 Å². The third-order valence-electron chi connectivity index (χ3n) is 3.55. The van der Waals surface area contributed by atoms with Crippen LogP contribution in [0.4, 0.5) is 0 Å². The molecule has 0 aromatic heterocycles. The molecule has 1 fully saturated rings. The summed E-state index contributed by atoms with van der Waals surface area (Å²) in [6.07, 6.45) is 3.38. The van der Waals surface area contributed by atoms with Crippen molar-refractivity contribution in [1.29, 1.82) is 0 Å². The number of amides is 1. The Kier molecular flexibility index (Phi) is 3.73. The summed E-state index contributed by atoms with van der Waals surface area (Å²) in [5.74, 6) is -1.30. The number of hydrogen-bond acceptors (Lipinski definition) is 2. The van der Waals surface area contributed by atoms with Crippen LogP contribution in [0.1, 0.15) is 40.0 Å². The molecule has 1 aliphatic carbocycles. The monoisotopic (exact) mass is 225 g/mol. The highest BCUT2D eigenvalue weighted by Crippen LogP contribution is 2.47. The maximum Gasteiger partial charge on any atom is 0.331 e. The van der Waals surface area contributed by atoms with E-state index in [0.717, 1.165) is 19.3 Å². The van der Waals surface area contributed by atoms with Crippen molar-refractivity contribution < 1.29 is 14.7 Å². The number of aliphatic carboxylic acids is 1. The number of rotatable bonds is 5. The molecule has 0 aromatic rings. The van der Waals surface area contributed by atoms with E-state index in [0.29, 0.717) is 12.1 Å². The molecule has 4 heteroatoms. The molecular weight excluding hydrogens is 206 g/mol. The third-order valence-corrected chi connectivity index (χ3v) is 3.55. The van der Waals surface area contributed by atoms with Gasteiger partial charge in [-0.2, -0.15) is 0 Å². The van der Waals surface area contributed by atoms with Crippen LogP contribution in [-0.4, -0.2) is 23.5 Å². The maximum absolute atomic E-state index is 11.6. The normalized spacial score (nSPS) is 18.7. The van der Waals surface area contributed by atoms with Gasteiger partial charge in [-0.15, -0.1) is 0 Å². The van der Waals surface area contributed by atoms with Crippen LogP contribution in [0.2, 0.25) is 0 Å². The molecule has 0 bridgehead atoms. The Morgan fingerprint density at radius 1 is 1.25 bits per heavy atom. The van der Waals surface area contributed by atoms with Crippen molar-refractivity contribution in [1.82, 2.24) is 5.32 Å². The summed E-state index contributed by atoms with van der Waals surface area (Å²) in [4.78, 5) is 22.3. The molecule has 0 heterocycles. The van der Waals surface area contributed by atoms with E-state index in [2.05, 4.69) is 12.2 Å². The lowest BCUT2D eigenvalue weighted by Gasteiger charge is -2.13. The lowest BCUT2D eigenvalue weighted by molar-refractivity contribution is -0.133. The average Bonchev–Trinajstić information content (AvgIpc) is 3.04. The minimum atomic E-state index is -1.04. The Morgan fingerprint density at radius 3 is 2.19 bits per heavy atom. The largest absolute Gasteiger partial charge is 0.478 e. The lowest BCUT2D eigenvalue weighted by Crippen LogP contribution is -2.31. The van der Waals surface area contributed by atoms with Crippen molar-refractivity contribution in [3.05, 3.63) is 11.1 Å². The lowest BCUT2D eigenvalue weighted by atomic mass is 10.0. The van der Waals surface area contributed by atoms with Gasteiger partial charge in [-0.25, -0.2) is 4.79 Å². The number of nitrogens with one attached hydrogen (secondary N) is 1. The van der Waals surface area contributed by atoms with Gasteiger partial charge in [0.05, 0.1) is 0 Å². The van der Waals surface area contributed by atoms with Crippen molar-refractivity contribution in [2.24, 2.45) is 5.41 Å². The Balaban J connectivity index is 2.53. The molecular formula is C12H19NO3. The third kappa shape index (κ3) is 2.84. The van der Waals surface area contributed by atoms with Gasteiger partial charge >= 0.3 is 5.97 Å². The zero-order valence-corrected chi connectivity index (χ0v) is 10.1. The fourth-order valence-corrected chi connectivity index (χ4v) is 1.56. The van der Waals surface area contributed by atoms with E-state index in [1.54, 1.807) is 6.92 Å². The van der Waals surface area contributed by atoms with Gasteiger partial charge in [0, 0.05) is 17.7 Å². The molecule has 1 rings (SSSR count). The Hall–Kier alpha value is -1.32. The molecule has 16 heavy (non-hydrogen) atoms. The number of hydrogen-bond donors (Lipinski definition) is 2. The van der Waals surface area contributed by atoms with Crippen LogP contribution < -0.4 is 5.32 Å². The predicted octanol–water partition coefficient (Wildman–Crippen LogP) is 1.71. The highest BCUT2D eigenvalue weighted by Gasteiger charge is 2.40. The van der Waals surface area contributed by atoms with Crippen molar-refractivity contribution >= 4 is 11.9 Å². The number of carboxylic acid groups (broad SMARTS) is 1. The van der Waals surface area contributed by atoms with Gasteiger partial charge in [0.15, 0.2) is 0 Å². The van der Waals surface area contributed by atoms with Gasteiger partial charge in [-0.1, -0.05) is 6.92 Å². The van der Waals surface area contributed by atoms with E-state index < -0.39 is 5.97 Å². The summed E-state index contributed by atoms with van der Waals surface area (Å²) in [6.45, 7) is 5.77. The van der Waals surface area contributed by atoms with Gasteiger partial charge in [0.25, 0.3) is 0 Å². The summed E-state index contributed by atoms with van der Waals surface area (Å²) in [6, 6.07) is 0. The van der Waals surface area contributed by atoms with E-state index in [1.807, 2.05) is 0 Å². The first-order valence-corrected chi connectivity index (χ1v) is 5.61. The number of carbonyl (C=O) groups excluding carboxylic acids is 1. The second kappa shape index (κ2) is 4.68. The molecule has 4 nitrogen and oxygen atoms in total. The minimum Gasteiger partial charge on any atom is -0.478 e. The van der Waals surface area contributed by atoms with Crippen LogP contribution in [0.25, 0.3) is 0 Å². The summed E-state index contributed by atoms with van der Waals surface area (Å²) >= 11 is 0. The zero-order valence-electron chi connectivity index (χ0n) is 10.1. The van der Waals surface area contributed by atoms with Crippen molar-refractivity contribution in [2.45, 2.75) is 40.0 Å². The van der Waals surface area contributed by atoms with Crippen LogP contribution in [-0.2, 0) is 9.59 Å². The number of carboxylic acids is 1. The Bertz CT molecular complexity index is 340. The second-order valence-electron chi connectivity index (χ2n) is 4.59. The summed E-state index contributed by atoms with van der Waals surface area (Å²) in [7, 11) is 0. The molecule has 0 saturated heterocycles. The molecule has 1 aliphatic rings. The van der Waals surface area contributed by atoms with Gasteiger partial charge in [0.1, 0.15) is 0 Å². The minimum absolute atomic E-state index is 0.110. The zero-order chi connectivity index (χ0) is 12.3. The fraction of sp³-hybridized carbons (Fsp3) is 0.667. The van der Waals surface area contributed by atoms with Crippen molar-refractivity contribution in [2.75, 3.05) is 6.54 Å². The van der Waals surface area contributed by atoms with E-state index in [9.17, 15) is 9.59 Å². The van der Waals surface area contributed by atoms with Gasteiger partial charge in [-0.3, -0.25) is 4.79 Å². The smallest absolute Gasteiger partial charge is 0.331 e. The second-order valence-corrected chi connectivity index (χ2v) is 4.59. The van der Waals surface area contributed by atoms with Crippen molar-refractivity contribution in [3.8, 4) is 0 Å². The van der Waals surface area contributed by atoms with E-state index >= 15 is 0 Å². The van der Waals surface area contributed by atoms with E-state index in [1.165, 1.54) is 6.92 Å². The Labute approximate surface area is 95.7 Å². The van der Waals surface area contributed by atoms with Crippen LogP contribution in [0.15, 0.2) is 11.1 Å². The molecule has 1 amide bonds. The highest BCUT2D eigenvalue weighted by molar-refractivity contribution is 6.01. The molecule has 1 saturated carbocycles. The molecule has 2 N–H and O–H groups in total. The van der Waals surface area contributed by atoms with Crippen LogP contribution >= 0.6 is 0 Å². The van der Waals surface area contributed by atoms with Gasteiger partial charge in [-0.05, 0) is 38.5 Å². The summed E-state index contributed by atoms with van der Waals surface area (Å²) in [5, 5.41) is 11.6. The molecule has 0 aliphatic heterocycles. The van der Waals surface area contributed by atoms with Crippen LogP contribution in [0.3, 0.4) is 0 Å². The SMILES string of the molecule is CCC1(CNC(=O)C(C)=C(C)C(=O)O)CC1. The summed E-state index contributed by atoms with van der Waals surface area (Å²) in [5.41, 5.74) is 0.686. The van der Waals surface area contributed by atoms with Crippen molar-refractivity contribution in [3.63, 3.8) is 0 Å². The Morgan fingerprint density at radius 2 is 1.81 bits per heavy atom. The molecule has 0 unspecified atom stereocenters. The van der Waals surface area contributed by atoms with Gasteiger partial charge in [0.2, 0.25) is 5.91 Å². The molecule has 90 valence electrons. The van der Waals surface area contributed by atoms with Crippen LogP contribution in [0, 0.1) is 5.41 Å². The molecule has 0 radical (unpaired) electrons. The maximum atomic E-state index is 11.6. The average molecular weight is 225 g/mol. The molecule has 0 spiro atoms. The predicted molar refractivity (Wildman–Crippen MR) is 61.0 cm³/mol. The molecule has 0 atom stereocenters. The fourth-order valence-electron chi connectivity index (χ4n) is 1.56. The topological polar surface area (TPSA) is 66.4 Å². The first-order chi connectivity index (χ1) is 7.42. The molecule has 0 aromatic carbocycles. The standard InChI is InChI=1S/C12H19NO3/c1-4-12(5-6-12)7-13-10(14)8(2)9(3)11(15)16/h4-7H2,1-3H3,(H,13,14)(H,15,16). The first kappa shape index (κ1) is 12.7. The van der Waals surface area contributed by atoms with Crippen LogP contribution in [0.5, 0.6) is 0 Å². The van der Waals surface area contributed by atoms with Gasteiger partial charge < -0.3 is 10.4 Å².